The van der Waals surface area contributed by atoms with Crippen molar-refractivity contribution in [3.05, 3.63) is 64.5 Å². The minimum Gasteiger partial charge on any atom is -0.467 e. The Morgan fingerprint density at radius 1 is 1.15 bits per heavy atom. The lowest BCUT2D eigenvalue weighted by molar-refractivity contribution is -0.0179. The molecule has 0 bridgehead atoms. The van der Waals surface area contributed by atoms with Crippen LogP contribution < -0.4 is 4.74 Å². The fourth-order valence-corrected chi connectivity index (χ4v) is 4.26. The number of hydrogen-bond donors (Lipinski definition) is 0. The van der Waals surface area contributed by atoms with Gasteiger partial charge in [-0.1, -0.05) is 31.2 Å². The van der Waals surface area contributed by atoms with Crippen LogP contribution in [-0.2, 0) is 30.7 Å². The fraction of sp³-hybridized carbons (Fsp3) is 0.455. The Bertz CT molecular complexity index is 777. The first-order chi connectivity index (χ1) is 12.7. The molecule has 0 N–H and O–H groups in total. The van der Waals surface area contributed by atoms with Crippen LogP contribution in [0, 0.1) is 5.82 Å². The fourth-order valence-electron chi connectivity index (χ4n) is 4.26. The molecule has 0 fully saturated rings. The number of nitrogens with zero attached hydrogens (tertiary/aromatic N) is 1. The van der Waals surface area contributed by atoms with E-state index in [0.717, 1.165) is 55.6 Å². The van der Waals surface area contributed by atoms with E-state index in [2.05, 4.69) is 36.1 Å². The van der Waals surface area contributed by atoms with Crippen molar-refractivity contribution in [3.63, 3.8) is 0 Å². The summed E-state index contributed by atoms with van der Waals surface area (Å²) in [6.07, 6.45) is 4.42. The van der Waals surface area contributed by atoms with E-state index in [4.69, 9.17) is 9.47 Å². The quantitative estimate of drug-likeness (QED) is 0.790. The Morgan fingerprint density at radius 3 is 2.85 bits per heavy atom. The van der Waals surface area contributed by atoms with Crippen LogP contribution in [0.5, 0.6) is 5.75 Å². The minimum atomic E-state index is -0.210. The number of halogens is 1. The van der Waals surface area contributed by atoms with Gasteiger partial charge in [-0.05, 0) is 55.5 Å². The molecule has 2 aromatic carbocycles. The third kappa shape index (κ3) is 3.62. The number of aryl methyl sites for hydroxylation is 1. The third-order valence-corrected chi connectivity index (χ3v) is 5.47. The maximum Gasteiger partial charge on any atom is 0.189 e. The summed E-state index contributed by atoms with van der Waals surface area (Å²) in [4.78, 5) is 2.50. The van der Waals surface area contributed by atoms with Crippen molar-refractivity contribution in [2.45, 2.75) is 51.8 Å². The maximum absolute atomic E-state index is 14.1. The van der Waals surface area contributed by atoms with E-state index in [1.54, 1.807) is 6.07 Å². The zero-order valence-corrected chi connectivity index (χ0v) is 15.3. The summed E-state index contributed by atoms with van der Waals surface area (Å²) in [5.74, 6) is 0.605. The average Bonchev–Trinajstić information content (AvgIpc) is 2.67. The van der Waals surface area contributed by atoms with Crippen LogP contribution in [0.25, 0.3) is 0 Å². The van der Waals surface area contributed by atoms with Gasteiger partial charge in [0.2, 0.25) is 0 Å². The zero-order valence-electron chi connectivity index (χ0n) is 15.3. The second-order valence-corrected chi connectivity index (χ2v) is 7.30. The molecule has 0 radical (unpaired) electrons. The Balaban J connectivity index is 1.58. The number of hydrogen-bond acceptors (Lipinski definition) is 3. The highest BCUT2D eigenvalue weighted by atomic mass is 19.1. The highest BCUT2D eigenvalue weighted by Crippen LogP contribution is 2.32. The maximum atomic E-state index is 14.1. The summed E-state index contributed by atoms with van der Waals surface area (Å²) in [5.41, 5.74) is 4.69. The topological polar surface area (TPSA) is 21.7 Å². The summed E-state index contributed by atoms with van der Waals surface area (Å²) in [6, 6.07) is 12.4. The first kappa shape index (κ1) is 17.5. The van der Waals surface area contributed by atoms with Gasteiger partial charge in [0.15, 0.2) is 6.79 Å². The smallest absolute Gasteiger partial charge is 0.189 e. The van der Waals surface area contributed by atoms with Gasteiger partial charge in [0.1, 0.15) is 11.6 Å². The summed E-state index contributed by atoms with van der Waals surface area (Å²) in [7, 11) is 0. The molecule has 3 nitrogen and oxygen atoms in total. The molecule has 1 aliphatic heterocycles. The zero-order chi connectivity index (χ0) is 17.9. The molecule has 1 atom stereocenters. The number of benzene rings is 2. The predicted octanol–water partition coefficient (Wildman–Crippen LogP) is 4.46. The molecular formula is C22H26FNO2. The van der Waals surface area contributed by atoms with Gasteiger partial charge >= 0.3 is 0 Å². The van der Waals surface area contributed by atoms with Crippen LogP contribution in [0.1, 0.15) is 42.0 Å². The lowest BCUT2D eigenvalue weighted by atomic mass is 9.87. The first-order valence-electron chi connectivity index (χ1n) is 9.57. The number of ether oxygens (including phenoxy) is 2. The van der Waals surface area contributed by atoms with Crippen LogP contribution in [0.3, 0.4) is 0 Å². The normalized spacial score (nSPS) is 19.0. The van der Waals surface area contributed by atoms with E-state index < -0.39 is 0 Å². The van der Waals surface area contributed by atoms with Crippen molar-refractivity contribution < 1.29 is 13.9 Å². The van der Waals surface area contributed by atoms with E-state index in [1.165, 1.54) is 17.2 Å². The lowest BCUT2D eigenvalue weighted by Crippen LogP contribution is -2.39. The van der Waals surface area contributed by atoms with Gasteiger partial charge in [-0.2, -0.15) is 0 Å². The minimum absolute atomic E-state index is 0.210. The predicted molar refractivity (Wildman–Crippen MR) is 99.6 cm³/mol. The van der Waals surface area contributed by atoms with Crippen molar-refractivity contribution in [1.82, 2.24) is 4.90 Å². The lowest BCUT2D eigenvalue weighted by Gasteiger charge is -2.36. The molecular weight excluding hydrogens is 329 g/mol. The number of fused-ring (bicyclic) bond motifs is 2. The van der Waals surface area contributed by atoms with Crippen molar-refractivity contribution in [3.8, 4) is 5.75 Å². The molecule has 1 unspecified atom stereocenters. The molecule has 0 saturated carbocycles. The van der Waals surface area contributed by atoms with E-state index in [9.17, 15) is 4.39 Å². The first-order valence-corrected chi connectivity index (χ1v) is 9.57. The molecule has 0 amide bonds. The molecule has 2 aliphatic rings. The standard InChI is InChI=1S/C22H26FNO2/c1-2-9-24(21-8-7-16-5-3-4-6-17(16)12-21)13-18-10-20(23)11-19-14-25-15-26-22(18)19/h3-6,10-11,21H,2,7-9,12-15H2,1H3. The summed E-state index contributed by atoms with van der Waals surface area (Å²) >= 11 is 0. The van der Waals surface area contributed by atoms with Gasteiger partial charge in [0, 0.05) is 23.7 Å². The van der Waals surface area contributed by atoms with E-state index in [0.29, 0.717) is 12.6 Å². The van der Waals surface area contributed by atoms with Gasteiger partial charge in [-0.3, -0.25) is 4.90 Å². The van der Waals surface area contributed by atoms with Crippen LogP contribution in [0.4, 0.5) is 4.39 Å². The molecule has 4 rings (SSSR count). The second kappa shape index (κ2) is 7.77. The Hall–Kier alpha value is -1.91. The molecule has 1 aliphatic carbocycles. The Labute approximate surface area is 154 Å². The summed E-state index contributed by atoms with van der Waals surface area (Å²) in [6.45, 7) is 4.60. The van der Waals surface area contributed by atoms with Crippen LogP contribution in [0.2, 0.25) is 0 Å². The van der Waals surface area contributed by atoms with Crippen LogP contribution >= 0.6 is 0 Å². The molecule has 0 saturated heterocycles. The van der Waals surface area contributed by atoms with Crippen LogP contribution in [0.15, 0.2) is 36.4 Å². The van der Waals surface area contributed by atoms with Gasteiger partial charge in [0.05, 0.1) is 6.61 Å². The molecule has 26 heavy (non-hydrogen) atoms. The second-order valence-electron chi connectivity index (χ2n) is 7.30. The summed E-state index contributed by atoms with van der Waals surface area (Å²) < 4.78 is 25.1. The van der Waals surface area contributed by atoms with Gasteiger partial charge < -0.3 is 9.47 Å². The third-order valence-electron chi connectivity index (χ3n) is 5.47. The summed E-state index contributed by atoms with van der Waals surface area (Å²) in [5, 5.41) is 0. The van der Waals surface area contributed by atoms with Gasteiger partial charge in [-0.15, -0.1) is 0 Å². The van der Waals surface area contributed by atoms with Crippen molar-refractivity contribution >= 4 is 0 Å². The van der Waals surface area contributed by atoms with E-state index in [1.807, 2.05) is 0 Å². The Kier molecular flexibility index (Phi) is 5.23. The van der Waals surface area contributed by atoms with E-state index >= 15 is 0 Å². The Morgan fingerprint density at radius 2 is 2.00 bits per heavy atom. The van der Waals surface area contributed by atoms with Crippen LogP contribution in [-0.4, -0.2) is 24.3 Å². The molecule has 0 spiro atoms. The van der Waals surface area contributed by atoms with Gasteiger partial charge in [-0.25, -0.2) is 4.39 Å². The number of rotatable bonds is 5. The largest absolute Gasteiger partial charge is 0.467 e. The van der Waals surface area contributed by atoms with E-state index in [-0.39, 0.29) is 12.6 Å². The average molecular weight is 355 g/mol. The molecule has 4 heteroatoms. The molecule has 138 valence electrons. The van der Waals surface area contributed by atoms with Crippen molar-refractivity contribution in [1.29, 1.82) is 0 Å². The van der Waals surface area contributed by atoms with Crippen molar-refractivity contribution in [2.75, 3.05) is 13.3 Å². The van der Waals surface area contributed by atoms with Crippen molar-refractivity contribution in [2.24, 2.45) is 0 Å². The SMILES string of the molecule is CCCN(Cc1cc(F)cc2c1OCOC2)C1CCc2ccccc2C1. The highest BCUT2D eigenvalue weighted by molar-refractivity contribution is 5.42. The monoisotopic (exact) mass is 355 g/mol. The molecule has 0 aromatic heterocycles. The molecule has 1 heterocycles. The highest BCUT2D eigenvalue weighted by Gasteiger charge is 2.26. The van der Waals surface area contributed by atoms with Gasteiger partial charge in [0.25, 0.3) is 0 Å². The molecule has 2 aromatic rings.